The molecule has 0 aliphatic heterocycles. The van der Waals surface area contributed by atoms with Gasteiger partial charge in [-0.3, -0.25) is 0 Å². The SMILES string of the molecule is CC.CC1(C)CCc2cc(CN(Cc3cc(C(F)(F)F)cc(C(F)(F)F)c3)c3ncc(-c4ccon4)cn3)c(N(CC3CC3)CC3CC3)nc21. The molecular formula is C37H42F6N6O. The van der Waals surface area contributed by atoms with Crippen LogP contribution in [0.4, 0.5) is 38.1 Å². The third kappa shape index (κ3) is 8.24. The summed E-state index contributed by atoms with van der Waals surface area (Å²) in [6.45, 7) is 9.92. The van der Waals surface area contributed by atoms with Crippen LogP contribution >= 0.6 is 0 Å². The molecular weight excluding hydrogens is 658 g/mol. The number of hydrogen-bond acceptors (Lipinski definition) is 7. The van der Waals surface area contributed by atoms with Gasteiger partial charge in [-0.15, -0.1) is 0 Å². The summed E-state index contributed by atoms with van der Waals surface area (Å²) in [6.07, 6.45) is 0.880. The van der Waals surface area contributed by atoms with Crippen LogP contribution in [-0.4, -0.2) is 33.2 Å². The summed E-state index contributed by atoms with van der Waals surface area (Å²) >= 11 is 0. The van der Waals surface area contributed by atoms with Crippen LogP contribution in [0.1, 0.15) is 93.3 Å². The molecule has 0 saturated heterocycles. The molecule has 0 radical (unpaired) electrons. The van der Waals surface area contributed by atoms with Gasteiger partial charge in [0, 0.05) is 61.2 Å². The quantitative estimate of drug-likeness (QED) is 0.144. The highest BCUT2D eigenvalue weighted by Gasteiger charge is 2.38. The van der Waals surface area contributed by atoms with Crippen molar-refractivity contribution in [2.45, 2.75) is 97.1 Å². The molecule has 2 saturated carbocycles. The normalized spacial score (nSPS) is 16.8. The summed E-state index contributed by atoms with van der Waals surface area (Å²) in [5, 5.41) is 3.90. The summed E-state index contributed by atoms with van der Waals surface area (Å²) in [7, 11) is 0. The summed E-state index contributed by atoms with van der Waals surface area (Å²) in [5.74, 6) is 2.13. The number of alkyl halides is 6. The highest BCUT2D eigenvalue weighted by atomic mass is 19.4. The van der Waals surface area contributed by atoms with Crippen LogP contribution in [0.3, 0.4) is 0 Å². The van der Waals surface area contributed by atoms with Gasteiger partial charge < -0.3 is 14.3 Å². The molecule has 50 heavy (non-hydrogen) atoms. The van der Waals surface area contributed by atoms with Gasteiger partial charge in [-0.1, -0.05) is 32.9 Å². The van der Waals surface area contributed by atoms with E-state index in [2.05, 4.69) is 39.9 Å². The molecule has 0 spiro atoms. The number of fused-ring (bicyclic) bond motifs is 1. The van der Waals surface area contributed by atoms with E-state index in [0.29, 0.717) is 23.1 Å². The lowest BCUT2D eigenvalue weighted by atomic mass is 9.90. The van der Waals surface area contributed by atoms with E-state index in [1.54, 1.807) is 11.0 Å². The Labute approximate surface area is 288 Å². The molecule has 0 unspecified atom stereocenters. The van der Waals surface area contributed by atoms with Crippen LogP contribution in [0, 0.1) is 11.8 Å². The second-order valence-electron chi connectivity index (χ2n) is 14.1. The van der Waals surface area contributed by atoms with E-state index in [9.17, 15) is 26.3 Å². The minimum atomic E-state index is -4.97. The lowest BCUT2D eigenvalue weighted by molar-refractivity contribution is -0.143. The fraction of sp³-hybridized carbons (Fsp3) is 0.514. The average Bonchev–Trinajstić information content (AvgIpc) is 4.00. The van der Waals surface area contributed by atoms with Gasteiger partial charge in [-0.05, 0) is 85.8 Å². The first-order chi connectivity index (χ1) is 23.7. The van der Waals surface area contributed by atoms with Crippen molar-refractivity contribution in [3.8, 4) is 11.3 Å². The summed E-state index contributed by atoms with van der Waals surface area (Å²) in [4.78, 5) is 18.3. The Balaban J connectivity index is 0.00000212. The average molecular weight is 701 g/mol. The minimum Gasteiger partial charge on any atom is -0.364 e. The van der Waals surface area contributed by atoms with Gasteiger partial charge in [-0.25, -0.2) is 15.0 Å². The summed E-state index contributed by atoms with van der Waals surface area (Å²) in [5.41, 5.74) is 1.04. The topological polar surface area (TPSA) is 71.2 Å². The second-order valence-corrected chi connectivity index (χ2v) is 14.1. The van der Waals surface area contributed by atoms with Crippen molar-refractivity contribution in [2.24, 2.45) is 11.8 Å². The molecule has 3 aromatic heterocycles. The van der Waals surface area contributed by atoms with E-state index in [0.717, 1.165) is 86.4 Å². The third-order valence-electron chi connectivity index (χ3n) is 9.51. The number of benzene rings is 1. The number of aryl methyl sites for hydroxylation is 1. The molecule has 3 aliphatic rings. The number of nitrogens with zero attached hydrogens (tertiary/aromatic N) is 6. The molecule has 0 bridgehead atoms. The zero-order chi connectivity index (χ0) is 35.8. The van der Waals surface area contributed by atoms with Gasteiger partial charge in [0.2, 0.25) is 5.95 Å². The molecule has 4 aromatic rings. The fourth-order valence-electron chi connectivity index (χ4n) is 6.51. The second kappa shape index (κ2) is 13.9. The van der Waals surface area contributed by atoms with Crippen molar-refractivity contribution < 1.29 is 30.9 Å². The van der Waals surface area contributed by atoms with E-state index in [-0.39, 0.29) is 36.1 Å². The Morgan fingerprint density at radius 1 is 0.820 bits per heavy atom. The fourth-order valence-corrected chi connectivity index (χ4v) is 6.51. The number of pyridine rings is 1. The highest BCUT2D eigenvalue weighted by molar-refractivity contribution is 5.58. The first-order valence-corrected chi connectivity index (χ1v) is 17.3. The number of hydrogen-bond donors (Lipinski definition) is 0. The Morgan fingerprint density at radius 2 is 1.42 bits per heavy atom. The van der Waals surface area contributed by atoms with Gasteiger partial charge in [0.25, 0.3) is 0 Å². The first-order valence-electron chi connectivity index (χ1n) is 17.3. The first kappa shape index (κ1) is 35.7. The maximum atomic E-state index is 13.8. The van der Waals surface area contributed by atoms with Crippen LogP contribution in [-0.2, 0) is 37.3 Å². The Bertz CT molecular complexity index is 1720. The van der Waals surface area contributed by atoms with Crippen LogP contribution in [0.25, 0.3) is 11.3 Å². The lowest BCUT2D eigenvalue weighted by Crippen LogP contribution is -2.33. The largest absolute Gasteiger partial charge is 0.416 e. The van der Waals surface area contributed by atoms with Gasteiger partial charge in [0.15, 0.2) is 0 Å². The molecule has 0 N–H and O–H groups in total. The maximum absolute atomic E-state index is 13.8. The van der Waals surface area contributed by atoms with Crippen molar-refractivity contribution in [2.75, 3.05) is 22.9 Å². The minimum absolute atomic E-state index is 0.112. The smallest absolute Gasteiger partial charge is 0.364 e. The third-order valence-corrected chi connectivity index (χ3v) is 9.51. The summed E-state index contributed by atoms with van der Waals surface area (Å²) < 4.78 is 88.0. The van der Waals surface area contributed by atoms with Crippen molar-refractivity contribution in [1.82, 2.24) is 20.1 Å². The summed E-state index contributed by atoms with van der Waals surface area (Å²) in [6, 6.07) is 5.44. The van der Waals surface area contributed by atoms with Gasteiger partial charge in [0.1, 0.15) is 17.8 Å². The standard InChI is InChI=1S/C35H36F6N6O.C2H6/c1-33(2)9-7-24-13-25(31(44-30(24)33)46(17-21-3-4-21)18-22-5-6-22)20-47(32-42-15-26(16-43-32)29-8-10-48-45-29)19-23-11-27(34(36,37)38)14-28(12-23)35(39,40)41;1-2/h8,10-16,21-22H,3-7,9,17-20H2,1-2H3;1-2H3. The lowest BCUT2D eigenvalue weighted by Gasteiger charge is -2.31. The van der Waals surface area contributed by atoms with E-state index < -0.39 is 23.5 Å². The van der Waals surface area contributed by atoms with Crippen LogP contribution < -0.4 is 9.80 Å². The van der Waals surface area contributed by atoms with Crippen LogP contribution in [0.2, 0.25) is 0 Å². The number of rotatable bonds is 11. The molecule has 3 aliphatic carbocycles. The van der Waals surface area contributed by atoms with Crippen LogP contribution in [0.15, 0.2) is 53.5 Å². The molecule has 0 amide bonds. The van der Waals surface area contributed by atoms with Crippen molar-refractivity contribution in [1.29, 1.82) is 0 Å². The molecule has 1 aromatic carbocycles. The van der Waals surface area contributed by atoms with Crippen molar-refractivity contribution in [3.05, 3.63) is 82.5 Å². The monoisotopic (exact) mass is 700 g/mol. The predicted molar refractivity (Wildman–Crippen MR) is 178 cm³/mol. The Hall–Kier alpha value is -4.16. The molecule has 3 heterocycles. The Morgan fingerprint density at radius 3 is 1.94 bits per heavy atom. The number of halogens is 6. The van der Waals surface area contributed by atoms with Gasteiger partial charge >= 0.3 is 12.4 Å². The maximum Gasteiger partial charge on any atom is 0.416 e. The van der Waals surface area contributed by atoms with E-state index >= 15 is 0 Å². The van der Waals surface area contributed by atoms with Crippen molar-refractivity contribution in [3.63, 3.8) is 0 Å². The van der Waals surface area contributed by atoms with Crippen LogP contribution in [0.5, 0.6) is 0 Å². The molecule has 268 valence electrons. The predicted octanol–water partition coefficient (Wildman–Crippen LogP) is 9.65. The molecule has 0 atom stereocenters. The van der Waals surface area contributed by atoms with E-state index in [1.165, 1.54) is 18.7 Å². The molecule has 2 fully saturated rings. The number of anilines is 2. The highest BCUT2D eigenvalue weighted by Crippen LogP contribution is 2.43. The molecule has 7 nitrogen and oxygen atoms in total. The molecule has 13 heteroatoms. The van der Waals surface area contributed by atoms with Gasteiger partial charge in [0.05, 0.1) is 16.8 Å². The van der Waals surface area contributed by atoms with Gasteiger partial charge in [-0.2, -0.15) is 26.3 Å². The van der Waals surface area contributed by atoms with E-state index in [4.69, 9.17) is 9.51 Å². The van der Waals surface area contributed by atoms with Crippen molar-refractivity contribution >= 4 is 11.8 Å². The Kier molecular flexibility index (Phi) is 9.89. The number of aromatic nitrogens is 4. The van der Waals surface area contributed by atoms with E-state index in [1.807, 2.05) is 13.8 Å². The zero-order valence-electron chi connectivity index (χ0n) is 28.7. The molecule has 7 rings (SSSR count). The zero-order valence-corrected chi connectivity index (χ0v) is 28.7.